The number of anilines is 1. The van der Waals surface area contributed by atoms with Gasteiger partial charge in [-0.25, -0.2) is 4.98 Å². The number of hydrogen-bond acceptors (Lipinski definition) is 4. The van der Waals surface area contributed by atoms with Crippen LogP contribution in [0.5, 0.6) is 5.75 Å². The number of ether oxygens (including phenoxy) is 1. The molecule has 0 saturated heterocycles. The number of nitrogens with zero attached hydrogens (tertiary/aromatic N) is 2. The Morgan fingerprint density at radius 2 is 2.27 bits per heavy atom. The van der Waals surface area contributed by atoms with Gasteiger partial charge in [0.2, 0.25) is 0 Å². The fourth-order valence-electron chi connectivity index (χ4n) is 1.31. The van der Waals surface area contributed by atoms with Gasteiger partial charge in [0.25, 0.3) is 0 Å². The molecule has 4 heteroatoms. The van der Waals surface area contributed by atoms with E-state index in [0.717, 1.165) is 18.1 Å². The van der Waals surface area contributed by atoms with Crippen molar-refractivity contribution in [1.82, 2.24) is 4.98 Å². The zero-order valence-electron chi connectivity index (χ0n) is 9.60. The highest BCUT2D eigenvalue weighted by Gasteiger charge is 2.09. The molecule has 1 heterocycles. The summed E-state index contributed by atoms with van der Waals surface area (Å²) >= 11 is 0. The molecule has 0 fully saturated rings. The zero-order valence-corrected chi connectivity index (χ0v) is 9.60. The molecule has 0 aliphatic carbocycles. The van der Waals surface area contributed by atoms with Gasteiger partial charge in [0, 0.05) is 26.3 Å². The van der Waals surface area contributed by atoms with Gasteiger partial charge < -0.3 is 15.4 Å². The Bertz CT molecular complexity index is 302. The normalized spacial score (nSPS) is 10.5. The summed E-state index contributed by atoms with van der Waals surface area (Å²) in [7, 11) is 1.96. The molecule has 0 unspecified atom stereocenters. The highest BCUT2D eigenvalue weighted by Crippen LogP contribution is 2.24. The average Bonchev–Trinajstić information content (AvgIpc) is 2.18. The van der Waals surface area contributed by atoms with Crippen LogP contribution in [0.1, 0.15) is 13.8 Å². The molecule has 0 spiro atoms. The molecular weight excluding hydrogens is 190 g/mol. The molecule has 1 aromatic heterocycles. The smallest absolute Gasteiger partial charge is 0.171 e. The summed E-state index contributed by atoms with van der Waals surface area (Å²) in [4.78, 5) is 6.29. The van der Waals surface area contributed by atoms with Crippen LogP contribution in [0.3, 0.4) is 0 Å². The monoisotopic (exact) mass is 209 g/mol. The van der Waals surface area contributed by atoms with Gasteiger partial charge in [0.1, 0.15) is 0 Å². The van der Waals surface area contributed by atoms with Crippen LogP contribution < -0.4 is 15.4 Å². The Balaban J connectivity index is 2.85. The second-order valence-electron chi connectivity index (χ2n) is 3.70. The first-order valence-corrected chi connectivity index (χ1v) is 5.18. The molecule has 0 amide bonds. The summed E-state index contributed by atoms with van der Waals surface area (Å²) in [5.74, 6) is 1.65. The van der Waals surface area contributed by atoms with Crippen molar-refractivity contribution in [3.8, 4) is 5.75 Å². The van der Waals surface area contributed by atoms with Gasteiger partial charge in [-0.1, -0.05) is 0 Å². The number of pyridine rings is 1. The predicted molar refractivity (Wildman–Crippen MR) is 62.3 cm³/mol. The van der Waals surface area contributed by atoms with Gasteiger partial charge >= 0.3 is 0 Å². The van der Waals surface area contributed by atoms with E-state index in [1.807, 2.05) is 37.9 Å². The fourth-order valence-corrected chi connectivity index (χ4v) is 1.31. The first kappa shape index (κ1) is 11.8. The molecule has 0 saturated carbocycles. The maximum atomic E-state index is 5.67. The number of likely N-dealkylation sites (N-methyl/N-ethyl adjacent to an activating group) is 1. The Kier molecular flexibility index (Phi) is 4.37. The number of nitrogens with two attached hydrogens (primary N) is 1. The predicted octanol–water partition coefficient (Wildman–Crippen LogP) is 1.26. The highest BCUT2D eigenvalue weighted by molar-refractivity contribution is 5.51. The molecule has 15 heavy (non-hydrogen) atoms. The van der Waals surface area contributed by atoms with Crippen molar-refractivity contribution < 1.29 is 4.74 Å². The molecule has 0 aliphatic heterocycles. The molecular formula is C11H19N3O. The summed E-state index contributed by atoms with van der Waals surface area (Å²) in [5, 5.41) is 0. The molecule has 0 aliphatic rings. The Morgan fingerprint density at radius 1 is 1.53 bits per heavy atom. The highest BCUT2D eigenvalue weighted by atomic mass is 16.5. The van der Waals surface area contributed by atoms with Crippen LogP contribution in [-0.2, 0) is 0 Å². The van der Waals surface area contributed by atoms with Crippen molar-refractivity contribution in [2.24, 2.45) is 5.73 Å². The van der Waals surface area contributed by atoms with Gasteiger partial charge in [0.05, 0.1) is 6.10 Å². The Hall–Kier alpha value is -1.29. The van der Waals surface area contributed by atoms with Crippen molar-refractivity contribution in [3.63, 3.8) is 0 Å². The molecule has 84 valence electrons. The first-order chi connectivity index (χ1) is 7.15. The van der Waals surface area contributed by atoms with Crippen LogP contribution in [0.4, 0.5) is 5.82 Å². The lowest BCUT2D eigenvalue weighted by Crippen LogP contribution is -2.26. The van der Waals surface area contributed by atoms with E-state index in [9.17, 15) is 0 Å². The van der Waals surface area contributed by atoms with E-state index < -0.39 is 0 Å². The summed E-state index contributed by atoms with van der Waals surface area (Å²) in [6, 6.07) is 3.80. The van der Waals surface area contributed by atoms with Crippen LogP contribution >= 0.6 is 0 Å². The van der Waals surface area contributed by atoms with Gasteiger partial charge in [-0.2, -0.15) is 0 Å². The van der Waals surface area contributed by atoms with Crippen molar-refractivity contribution in [1.29, 1.82) is 0 Å². The third-order valence-corrected chi connectivity index (χ3v) is 1.94. The molecule has 0 radical (unpaired) electrons. The Labute approximate surface area is 91.1 Å². The lowest BCUT2D eigenvalue weighted by atomic mass is 10.3. The maximum absolute atomic E-state index is 5.67. The van der Waals surface area contributed by atoms with Gasteiger partial charge in [-0.05, 0) is 26.0 Å². The minimum absolute atomic E-state index is 0.152. The van der Waals surface area contributed by atoms with Gasteiger partial charge in [-0.15, -0.1) is 0 Å². The lowest BCUT2D eigenvalue weighted by molar-refractivity contribution is 0.242. The summed E-state index contributed by atoms with van der Waals surface area (Å²) in [5.41, 5.74) is 5.51. The third-order valence-electron chi connectivity index (χ3n) is 1.94. The van der Waals surface area contributed by atoms with Crippen molar-refractivity contribution in [2.75, 3.05) is 25.0 Å². The Morgan fingerprint density at radius 3 is 2.87 bits per heavy atom. The summed E-state index contributed by atoms with van der Waals surface area (Å²) < 4.78 is 5.67. The molecule has 1 rings (SSSR count). The van der Waals surface area contributed by atoms with Crippen molar-refractivity contribution in [3.05, 3.63) is 18.3 Å². The minimum Gasteiger partial charge on any atom is -0.487 e. The second-order valence-corrected chi connectivity index (χ2v) is 3.70. The fraction of sp³-hybridized carbons (Fsp3) is 0.545. The van der Waals surface area contributed by atoms with E-state index >= 15 is 0 Å². The van der Waals surface area contributed by atoms with Crippen LogP contribution in [-0.4, -0.2) is 31.2 Å². The van der Waals surface area contributed by atoms with E-state index in [2.05, 4.69) is 4.98 Å². The molecule has 0 atom stereocenters. The first-order valence-electron chi connectivity index (χ1n) is 5.18. The van der Waals surface area contributed by atoms with Gasteiger partial charge in [0.15, 0.2) is 11.6 Å². The molecule has 4 nitrogen and oxygen atoms in total. The molecule has 0 bridgehead atoms. The molecule has 1 aromatic rings. The van der Waals surface area contributed by atoms with Crippen LogP contribution in [0, 0.1) is 0 Å². The topological polar surface area (TPSA) is 51.4 Å². The largest absolute Gasteiger partial charge is 0.487 e. The van der Waals surface area contributed by atoms with Crippen molar-refractivity contribution in [2.45, 2.75) is 20.0 Å². The second kappa shape index (κ2) is 5.56. The average molecular weight is 209 g/mol. The molecule has 0 aromatic carbocycles. The summed E-state index contributed by atoms with van der Waals surface area (Å²) in [6.45, 7) is 5.37. The van der Waals surface area contributed by atoms with E-state index in [-0.39, 0.29) is 6.10 Å². The van der Waals surface area contributed by atoms with Crippen LogP contribution in [0.15, 0.2) is 18.3 Å². The minimum atomic E-state index is 0.152. The number of rotatable bonds is 5. The van der Waals surface area contributed by atoms with E-state index in [0.29, 0.717) is 6.54 Å². The third kappa shape index (κ3) is 3.40. The number of aromatic nitrogens is 1. The van der Waals surface area contributed by atoms with Crippen molar-refractivity contribution >= 4 is 5.82 Å². The van der Waals surface area contributed by atoms with E-state index in [4.69, 9.17) is 10.5 Å². The number of hydrogen-bond donors (Lipinski definition) is 1. The maximum Gasteiger partial charge on any atom is 0.171 e. The zero-order chi connectivity index (χ0) is 11.3. The van der Waals surface area contributed by atoms with Crippen LogP contribution in [0.25, 0.3) is 0 Å². The van der Waals surface area contributed by atoms with E-state index in [1.165, 1.54) is 0 Å². The van der Waals surface area contributed by atoms with E-state index in [1.54, 1.807) is 6.20 Å². The summed E-state index contributed by atoms with van der Waals surface area (Å²) in [6.07, 6.45) is 1.91. The molecule has 2 N–H and O–H groups in total. The lowest BCUT2D eigenvalue weighted by Gasteiger charge is -2.21. The standard InChI is InChI=1S/C11H19N3O/c1-9(2)15-10-5-4-7-13-11(10)14(3)8-6-12/h4-5,7,9H,6,8,12H2,1-3H3. The van der Waals surface area contributed by atoms with Gasteiger partial charge in [-0.3, -0.25) is 0 Å². The SMILES string of the molecule is CC(C)Oc1cccnc1N(C)CCN. The quantitative estimate of drug-likeness (QED) is 0.793. The van der Waals surface area contributed by atoms with Crippen LogP contribution in [0.2, 0.25) is 0 Å².